The standard InChI is InChI=1S/C13H20N2O2/c1-5-13(15-10-17)7-11(2,3)6-12(4,8-13)14-9-16/h5-8H2,1-4H3. The first-order valence-electron chi connectivity index (χ1n) is 5.98. The zero-order valence-corrected chi connectivity index (χ0v) is 11.0. The molecule has 0 aromatic heterocycles. The average molecular weight is 236 g/mol. The zero-order chi connectivity index (χ0) is 13.2. The molecule has 17 heavy (non-hydrogen) atoms. The second kappa shape index (κ2) is 4.56. The molecule has 0 aliphatic heterocycles. The molecule has 4 nitrogen and oxygen atoms in total. The Morgan fingerprint density at radius 1 is 1.00 bits per heavy atom. The molecule has 2 unspecified atom stereocenters. The van der Waals surface area contributed by atoms with Crippen molar-refractivity contribution in [3.05, 3.63) is 0 Å². The lowest BCUT2D eigenvalue weighted by Crippen LogP contribution is -2.48. The Hall–Kier alpha value is -1.24. The number of hydrogen-bond acceptors (Lipinski definition) is 4. The quantitative estimate of drug-likeness (QED) is 0.558. The highest BCUT2D eigenvalue weighted by Crippen LogP contribution is 2.50. The van der Waals surface area contributed by atoms with Crippen molar-refractivity contribution in [2.45, 2.75) is 64.5 Å². The van der Waals surface area contributed by atoms with Gasteiger partial charge in [-0.05, 0) is 38.0 Å². The largest absolute Gasteiger partial charge is 0.235 e. The number of isocyanates is 2. The number of carbonyl (C=O) groups excluding carboxylic acids is 2. The van der Waals surface area contributed by atoms with E-state index in [-0.39, 0.29) is 5.41 Å². The van der Waals surface area contributed by atoms with Gasteiger partial charge < -0.3 is 0 Å². The molecule has 0 aromatic rings. The summed E-state index contributed by atoms with van der Waals surface area (Å²) in [6, 6.07) is 0. The summed E-state index contributed by atoms with van der Waals surface area (Å²) in [5.74, 6) is 0. The molecule has 0 spiro atoms. The van der Waals surface area contributed by atoms with Crippen molar-refractivity contribution in [3.63, 3.8) is 0 Å². The minimum atomic E-state index is -0.472. The highest BCUT2D eigenvalue weighted by molar-refractivity contribution is 5.37. The molecule has 0 bridgehead atoms. The highest BCUT2D eigenvalue weighted by Gasteiger charge is 2.49. The Balaban J connectivity index is 3.18. The predicted octanol–water partition coefficient (Wildman–Crippen LogP) is 2.78. The van der Waals surface area contributed by atoms with Crippen LogP contribution in [-0.2, 0) is 9.59 Å². The predicted molar refractivity (Wildman–Crippen MR) is 65.3 cm³/mol. The van der Waals surface area contributed by atoms with Crippen LogP contribution >= 0.6 is 0 Å². The molecule has 0 amide bonds. The summed E-state index contributed by atoms with van der Waals surface area (Å²) in [5, 5.41) is 0. The molecule has 4 heteroatoms. The van der Waals surface area contributed by atoms with Crippen molar-refractivity contribution in [3.8, 4) is 0 Å². The van der Waals surface area contributed by atoms with Gasteiger partial charge in [-0.3, -0.25) is 0 Å². The van der Waals surface area contributed by atoms with E-state index in [0.717, 1.165) is 19.3 Å². The SMILES string of the molecule is CCC1(N=C=O)CC(C)(C)CC(C)(N=C=O)C1. The van der Waals surface area contributed by atoms with Crippen LogP contribution in [0.15, 0.2) is 9.98 Å². The first-order chi connectivity index (χ1) is 7.80. The van der Waals surface area contributed by atoms with E-state index in [2.05, 4.69) is 23.8 Å². The number of hydrogen-bond donors (Lipinski definition) is 0. The maximum absolute atomic E-state index is 10.6. The molecule has 1 aliphatic carbocycles. The van der Waals surface area contributed by atoms with E-state index < -0.39 is 11.1 Å². The van der Waals surface area contributed by atoms with Crippen molar-refractivity contribution in [2.75, 3.05) is 0 Å². The van der Waals surface area contributed by atoms with Crippen LogP contribution < -0.4 is 0 Å². The number of rotatable bonds is 3. The third-order valence-corrected chi connectivity index (χ3v) is 3.63. The van der Waals surface area contributed by atoms with E-state index in [9.17, 15) is 9.59 Å². The minimum Gasteiger partial charge on any atom is -0.211 e. The summed E-state index contributed by atoms with van der Waals surface area (Å²) < 4.78 is 0. The lowest BCUT2D eigenvalue weighted by Gasteiger charge is -2.48. The maximum atomic E-state index is 10.6. The maximum Gasteiger partial charge on any atom is 0.235 e. The number of nitrogens with zero attached hydrogens (tertiary/aromatic N) is 2. The summed E-state index contributed by atoms with van der Waals surface area (Å²) in [5.41, 5.74) is -0.901. The molecular weight excluding hydrogens is 216 g/mol. The normalized spacial score (nSPS) is 35.5. The second-order valence-electron chi connectivity index (χ2n) is 6.18. The topological polar surface area (TPSA) is 58.9 Å². The van der Waals surface area contributed by atoms with Gasteiger partial charge in [0.05, 0.1) is 11.1 Å². The molecule has 2 atom stereocenters. The fourth-order valence-electron chi connectivity index (χ4n) is 3.51. The molecule has 1 aliphatic rings. The zero-order valence-electron chi connectivity index (χ0n) is 11.0. The average Bonchev–Trinajstić information content (AvgIpc) is 2.14. The second-order valence-corrected chi connectivity index (χ2v) is 6.18. The van der Waals surface area contributed by atoms with E-state index in [4.69, 9.17) is 0 Å². The van der Waals surface area contributed by atoms with Crippen LogP contribution in [0.25, 0.3) is 0 Å². The van der Waals surface area contributed by atoms with Crippen LogP contribution in [0.2, 0.25) is 0 Å². The van der Waals surface area contributed by atoms with Crippen LogP contribution in [0.3, 0.4) is 0 Å². The van der Waals surface area contributed by atoms with Gasteiger partial charge in [-0.15, -0.1) is 0 Å². The van der Waals surface area contributed by atoms with Crippen LogP contribution in [0, 0.1) is 5.41 Å². The summed E-state index contributed by atoms with van der Waals surface area (Å²) in [6.07, 6.45) is 6.35. The van der Waals surface area contributed by atoms with Gasteiger partial charge in [0.15, 0.2) is 0 Å². The third kappa shape index (κ3) is 3.12. The van der Waals surface area contributed by atoms with Crippen LogP contribution in [0.5, 0.6) is 0 Å². The van der Waals surface area contributed by atoms with Crippen molar-refractivity contribution in [1.29, 1.82) is 0 Å². The fraction of sp³-hybridized carbons (Fsp3) is 0.846. The van der Waals surface area contributed by atoms with Crippen molar-refractivity contribution >= 4 is 12.2 Å². The Morgan fingerprint density at radius 2 is 1.59 bits per heavy atom. The lowest BCUT2D eigenvalue weighted by atomic mass is 9.61. The molecule has 0 radical (unpaired) electrons. The van der Waals surface area contributed by atoms with Crippen molar-refractivity contribution in [2.24, 2.45) is 15.4 Å². The molecule has 0 N–H and O–H groups in total. The summed E-state index contributed by atoms with van der Waals surface area (Å²) in [7, 11) is 0. The Kier molecular flexibility index (Phi) is 3.71. The van der Waals surface area contributed by atoms with Gasteiger partial charge in [0.1, 0.15) is 0 Å². The summed E-state index contributed by atoms with van der Waals surface area (Å²) >= 11 is 0. The van der Waals surface area contributed by atoms with Crippen molar-refractivity contribution in [1.82, 2.24) is 0 Å². The Labute approximate surface area is 102 Å². The van der Waals surface area contributed by atoms with Gasteiger partial charge in [-0.25, -0.2) is 9.59 Å². The molecule has 94 valence electrons. The molecular formula is C13H20N2O2. The molecule has 1 rings (SSSR count). The minimum absolute atomic E-state index is 0.00368. The Bertz CT molecular complexity index is 392. The van der Waals surface area contributed by atoms with E-state index in [1.807, 2.05) is 13.8 Å². The van der Waals surface area contributed by atoms with Crippen LogP contribution in [-0.4, -0.2) is 23.2 Å². The fourth-order valence-corrected chi connectivity index (χ4v) is 3.51. The highest BCUT2D eigenvalue weighted by atomic mass is 16.1. The van der Waals surface area contributed by atoms with E-state index in [0.29, 0.717) is 6.42 Å². The Morgan fingerprint density at radius 3 is 2.06 bits per heavy atom. The van der Waals surface area contributed by atoms with Gasteiger partial charge in [-0.1, -0.05) is 20.8 Å². The third-order valence-electron chi connectivity index (χ3n) is 3.63. The monoisotopic (exact) mass is 236 g/mol. The van der Waals surface area contributed by atoms with Gasteiger partial charge in [-0.2, -0.15) is 9.98 Å². The first kappa shape index (κ1) is 13.8. The first-order valence-corrected chi connectivity index (χ1v) is 5.98. The molecule has 0 heterocycles. The van der Waals surface area contributed by atoms with Crippen molar-refractivity contribution < 1.29 is 9.59 Å². The molecule has 0 saturated heterocycles. The summed E-state index contributed by atoms with van der Waals surface area (Å²) in [4.78, 5) is 29.1. The van der Waals surface area contributed by atoms with E-state index >= 15 is 0 Å². The molecule has 1 fully saturated rings. The number of aliphatic imine (C=N–C) groups is 2. The smallest absolute Gasteiger partial charge is 0.211 e. The van der Waals surface area contributed by atoms with Gasteiger partial charge in [0.25, 0.3) is 0 Å². The molecule has 0 aromatic carbocycles. The van der Waals surface area contributed by atoms with Crippen LogP contribution in [0.4, 0.5) is 0 Å². The van der Waals surface area contributed by atoms with E-state index in [1.54, 1.807) is 12.2 Å². The van der Waals surface area contributed by atoms with Crippen LogP contribution in [0.1, 0.15) is 53.4 Å². The molecule has 1 saturated carbocycles. The summed E-state index contributed by atoms with van der Waals surface area (Å²) in [6.45, 7) is 8.18. The van der Waals surface area contributed by atoms with Gasteiger partial charge >= 0.3 is 0 Å². The van der Waals surface area contributed by atoms with Gasteiger partial charge in [0.2, 0.25) is 12.2 Å². The van der Waals surface area contributed by atoms with Gasteiger partial charge in [0, 0.05) is 0 Å². The van der Waals surface area contributed by atoms with E-state index in [1.165, 1.54) is 0 Å². The lowest BCUT2D eigenvalue weighted by molar-refractivity contribution is 0.0883.